The van der Waals surface area contributed by atoms with Gasteiger partial charge in [-0.15, -0.1) is 0 Å². The summed E-state index contributed by atoms with van der Waals surface area (Å²) in [4.78, 5) is 13.8. The number of carbonyl (C=O) groups excluding carboxylic acids is 1. The first-order valence-corrected chi connectivity index (χ1v) is 6.46. The van der Waals surface area contributed by atoms with Crippen LogP contribution in [0.15, 0.2) is 18.2 Å². The first-order valence-electron chi connectivity index (χ1n) is 6.46. The van der Waals surface area contributed by atoms with Crippen molar-refractivity contribution >= 4 is 11.6 Å². The molecule has 19 heavy (non-hydrogen) atoms. The van der Waals surface area contributed by atoms with Gasteiger partial charge in [0.2, 0.25) is 0 Å². The molecule has 1 aliphatic heterocycles. The van der Waals surface area contributed by atoms with E-state index in [1.165, 1.54) is 18.2 Å². The van der Waals surface area contributed by atoms with Crippen LogP contribution in [0.1, 0.15) is 23.2 Å². The van der Waals surface area contributed by atoms with E-state index < -0.39 is 5.82 Å². The molecular weight excluding hydrogens is 247 g/mol. The fourth-order valence-corrected chi connectivity index (χ4v) is 2.31. The van der Waals surface area contributed by atoms with Crippen molar-refractivity contribution in [2.45, 2.75) is 12.8 Å². The quantitative estimate of drug-likeness (QED) is 0.850. The normalized spacial score (nSPS) is 16.3. The van der Waals surface area contributed by atoms with Gasteiger partial charge in [-0.25, -0.2) is 4.39 Å². The molecular formula is C14H19FN2O2. The molecule has 0 aliphatic carbocycles. The lowest BCUT2D eigenvalue weighted by atomic mass is 9.99. The van der Waals surface area contributed by atoms with Crippen LogP contribution < -0.4 is 5.73 Å². The number of carbonyl (C=O) groups is 1. The zero-order valence-corrected chi connectivity index (χ0v) is 11.1. The molecule has 5 heteroatoms. The van der Waals surface area contributed by atoms with Crippen LogP contribution >= 0.6 is 0 Å². The minimum Gasteiger partial charge on any atom is -0.399 e. The van der Waals surface area contributed by atoms with E-state index in [9.17, 15) is 9.18 Å². The van der Waals surface area contributed by atoms with Crippen LogP contribution in [0.5, 0.6) is 0 Å². The van der Waals surface area contributed by atoms with Crippen molar-refractivity contribution in [3.8, 4) is 0 Å². The highest BCUT2D eigenvalue weighted by Gasteiger charge is 2.21. The molecule has 1 aromatic carbocycles. The summed E-state index contributed by atoms with van der Waals surface area (Å²) in [6.07, 6.45) is 1.88. The first kappa shape index (κ1) is 13.8. The minimum atomic E-state index is -0.530. The molecule has 0 aromatic heterocycles. The van der Waals surface area contributed by atoms with Crippen LogP contribution in [0.2, 0.25) is 0 Å². The average molecular weight is 266 g/mol. The lowest BCUT2D eigenvalue weighted by molar-refractivity contribution is 0.0495. The highest BCUT2D eigenvalue weighted by Crippen LogP contribution is 2.18. The van der Waals surface area contributed by atoms with Gasteiger partial charge < -0.3 is 15.4 Å². The fraction of sp³-hybridized carbons (Fsp3) is 0.500. The lowest BCUT2D eigenvalue weighted by Crippen LogP contribution is -2.34. The highest BCUT2D eigenvalue weighted by molar-refractivity contribution is 5.95. The number of halogens is 1. The van der Waals surface area contributed by atoms with Crippen molar-refractivity contribution in [2.24, 2.45) is 5.92 Å². The Morgan fingerprint density at radius 2 is 2.16 bits per heavy atom. The molecule has 104 valence electrons. The monoisotopic (exact) mass is 266 g/mol. The molecule has 0 saturated carbocycles. The third-order valence-corrected chi connectivity index (χ3v) is 3.44. The van der Waals surface area contributed by atoms with E-state index in [1.54, 1.807) is 11.9 Å². The zero-order valence-electron chi connectivity index (χ0n) is 11.1. The van der Waals surface area contributed by atoms with E-state index >= 15 is 0 Å². The Balaban J connectivity index is 2.03. The van der Waals surface area contributed by atoms with Crippen LogP contribution in [0.3, 0.4) is 0 Å². The Morgan fingerprint density at radius 3 is 2.84 bits per heavy atom. The second-order valence-electron chi connectivity index (χ2n) is 4.98. The van der Waals surface area contributed by atoms with Crippen LogP contribution in [0.25, 0.3) is 0 Å². The Morgan fingerprint density at radius 1 is 1.47 bits per heavy atom. The number of nitrogen functional groups attached to an aromatic ring is 1. The summed E-state index contributed by atoms with van der Waals surface area (Å²) >= 11 is 0. The Hall–Kier alpha value is -1.62. The predicted octanol–water partition coefficient (Wildman–Crippen LogP) is 1.91. The van der Waals surface area contributed by atoms with E-state index in [4.69, 9.17) is 10.5 Å². The molecule has 0 spiro atoms. The van der Waals surface area contributed by atoms with E-state index in [0.29, 0.717) is 18.2 Å². The van der Waals surface area contributed by atoms with Crippen molar-refractivity contribution < 1.29 is 13.9 Å². The third-order valence-electron chi connectivity index (χ3n) is 3.44. The van der Waals surface area contributed by atoms with Crippen LogP contribution in [-0.4, -0.2) is 37.6 Å². The molecule has 1 aromatic rings. The van der Waals surface area contributed by atoms with E-state index in [1.807, 2.05) is 0 Å². The molecule has 1 amide bonds. The van der Waals surface area contributed by atoms with Gasteiger partial charge in [0.05, 0.1) is 5.56 Å². The molecule has 0 atom stereocenters. The number of nitrogens with zero attached hydrogens (tertiary/aromatic N) is 1. The topological polar surface area (TPSA) is 55.6 Å². The predicted molar refractivity (Wildman–Crippen MR) is 71.3 cm³/mol. The van der Waals surface area contributed by atoms with Crippen molar-refractivity contribution in [1.82, 2.24) is 4.90 Å². The Bertz CT molecular complexity index is 459. The number of nitrogens with two attached hydrogens (primary N) is 1. The summed E-state index contributed by atoms with van der Waals surface area (Å²) in [5.41, 5.74) is 6.03. The second kappa shape index (κ2) is 6.02. The molecule has 1 aliphatic rings. The van der Waals surface area contributed by atoms with Gasteiger partial charge in [0.15, 0.2) is 0 Å². The van der Waals surface area contributed by atoms with Gasteiger partial charge in [0.1, 0.15) is 5.82 Å². The summed E-state index contributed by atoms with van der Waals surface area (Å²) in [7, 11) is 1.69. The first-order chi connectivity index (χ1) is 9.08. The molecule has 0 radical (unpaired) electrons. The van der Waals surface area contributed by atoms with Gasteiger partial charge in [-0.05, 0) is 37.0 Å². The van der Waals surface area contributed by atoms with Gasteiger partial charge >= 0.3 is 0 Å². The number of anilines is 1. The number of hydrogen-bond acceptors (Lipinski definition) is 3. The van der Waals surface area contributed by atoms with E-state index in [-0.39, 0.29) is 11.5 Å². The zero-order chi connectivity index (χ0) is 13.8. The Kier molecular flexibility index (Phi) is 4.37. The van der Waals surface area contributed by atoms with Crippen molar-refractivity contribution in [2.75, 3.05) is 32.5 Å². The van der Waals surface area contributed by atoms with Crippen LogP contribution in [0.4, 0.5) is 10.1 Å². The van der Waals surface area contributed by atoms with Gasteiger partial charge in [-0.1, -0.05) is 0 Å². The molecule has 0 unspecified atom stereocenters. The SMILES string of the molecule is CN(CC1CCOCC1)C(=O)c1cc(N)ccc1F. The number of ether oxygens (including phenoxy) is 1. The molecule has 1 heterocycles. The molecule has 1 fully saturated rings. The molecule has 2 rings (SSSR count). The standard InChI is InChI=1S/C14H19FN2O2/c1-17(9-10-4-6-19-7-5-10)14(18)12-8-11(16)2-3-13(12)15/h2-3,8,10H,4-7,9,16H2,1H3. The summed E-state index contributed by atoms with van der Waals surface area (Å²) in [5, 5.41) is 0. The molecule has 2 N–H and O–H groups in total. The maximum Gasteiger partial charge on any atom is 0.256 e. The second-order valence-corrected chi connectivity index (χ2v) is 4.98. The smallest absolute Gasteiger partial charge is 0.256 e. The lowest BCUT2D eigenvalue weighted by Gasteiger charge is -2.27. The Labute approximate surface area is 112 Å². The molecule has 1 saturated heterocycles. The van der Waals surface area contributed by atoms with Gasteiger partial charge in [0, 0.05) is 32.5 Å². The third kappa shape index (κ3) is 3.44. The van der Waals surface area contributed by atoms with E-state index in [2.05, 4.69) is 0 Å². The summed E-state index contributed by atoms with van der Waals surface area (Å²) in [6, 6.07) is 4.06. The number of hydrogen-bond donors (Lipinski definition) is 1. The maximum absolute atomic E-state index is 13.6. The van der Waals surface area contributed by atoms with Crippen molar-refractivity contribution in [3.63, 3.8) is 0 Å². The maximum atomic E-state index is 13.6. The van der Waals surface area contributed by atoms with E-state index in [0.717, 1.165) is 26.1 Å². The van der Waals surface area contributed by atoms with Gasteiger partial charge in [-0.3, -0.25) is 4.79 Å². The number of rotatable bonds is 3. The largest absolute Gasteiger partial charge is 0.399 e. The van der Waals surface area contributed by atoms with Crippen LogP contribution in [-0.2, 0) is 4.74 Å². The number of amides is 1. The van der Waals surface area contributed by atoms with Crippen LogP contribution in [0, 0.1) is 11.7 Å². The highest BCUT2D eigenvalue weighted by atomic mass is 19.1. The molecule has 4 nitrogen and oxygen atoms in total. The van der Waals surface area contributed by atoms with Crippen molar-refractivity contribution in [3.05, 3.63) is 29.6 Å². The summed E-state index contributed by atoms with van der Waals surface area (Å²) in [5.74, 6) is -0.430. The van der Waals surface area contributed by atoms with Gasteiger partial charge in [0.25, 0.3) is 5.91 Å². The number of benzene rings is 1. The molecule has 0 bridgehead atoms. The fourth-order valence-electron chi connectivity index (χ4n) is 2.31. The summed E-state index contributed by atoms with van der Waals surface area (Å²) in [6.45, 7) is 2.09. The minimum absolute atomic E-state index is 0.0366. The van der Waals surface area contributed by atoms with Crippen molar-refractivity contribution in [1.29, 1.82) is 0 Å². The van der Waals surface area contributed by atoms with Gasteiger partial charge in [-0.2, -0.15) is 0 Å². The summed E-state index contributed by atoms with van der Waals surface area (Å²) < 4.78 is 18.9. The average Bonchev–Trinajstić information content (AvgIpc) is 2.42.